The van der Waals surface area contributed by atoms with Crippen molar-refractivity contribution in [2.45, 2.75) is 50.7 Å². The molecule has 0 radical (unpaired) electrons. The summed E-state index contributed by atoms with van der Waals surface area (Å²) in [4.78, 5) is 26.0. The van der Waals surface area contributed by atoms with E-state index in [0.29, 0.717) is 11.1 Å². The van der Waals surface area contributed by atoms with Gasteiger partial charge in [0.05, 0.1) is 11.1 Å². The van der Waals surface area contributed by atoms with Gasteiger partial charge in [-0.05, 0) is 74.4 Å². The Morgan fingerprint density at radius 3 is 2.09 bits per heavy atom. The fourth-order valence-electron chi connectivity index (χ4n) is 4.43. The molecule has 1 aromatic rings. The fourth-order valence-corrected chi connectivity index (χ4v) is 5.60. The minimum atomic E-state index is -3.73. The molecule has 2 heterocycles. The van der Waals surface area contributed by atoms with Crippen LogP contribution in [0.25, 0.3) is 6.08 Å². The lowest BCUT2D eigenvalue weighted by Gasteiger charge is -2.36. The van der Waals surface area contributed by atoms with E-state index in [9.17, 15) is 27.5 Å². The Morgan fingerprint density at radius 1 is 1.09 bits per heavy atom. The Labute approximate surface area is 199 Å². The van der Waals surface area contributed by atoms with Crippen molar-refractivity contribution in [1.82, 2.24) is 9.21 Å². The molecule has 2 amide bonds. The molecule has 34 heavy (non-hydrogen) atoms. The molecule has 188 valence electrons. The van der Waals surface area contributed by atoms with Crippen LogP contribution in [0.2, 0.25) is 0 Å². The molecule has 0 atom stereocenters. The number of rotatable bonds is 6. The van der Waals surface area contributed by atoms with Gasteiger partial charge < -0.3 is 21.5 Å². The molecule has 0 aliphatic carbocycles. The summed E-state index contributed by atoms with van der Waals surface area (Å²) in [5, 5.41) is 11.2. The first kappa shape index (κ1) is 26.3. The molecule has 0 aromatic heterocycles. The summed E-state index contributed by atoms with van der Waals surface area (Å²) in [6, 6.07) is 3.40. The largest absolute Gasteiger partial charge is 0.387 e. The first-order valence-corrected chi connectivity index (χ1v) is 12.8. The van der Waals surface area contributed by atoms with E-state index in [2.05, 4.69) is 0 Å². The molecule has 0 saturated carbocycles. The molecule has 2 aliphatic rings. The molecule has 0 spiro atoms. The number of aliphatic hydroxyl groups is 1. The molecular weight excluding hydrogens is 463 g/mol. The molecule has 0 unspecified atom stereocenters. The third kappa shape index (κ3) is 5.48. The predicted molar refractivity (Wildman–Crippen MR) is 127 cm³/mol. The summed E-state index contributed by atoms with van der Waals surface area (Å²) in [5.41, 5.74) is 11.3. The number of alkyl halides is 1. The van der Waals surface area contributed by atoms with Crippen LogP contribution in [0.4, 0.5) is 4.39 Å². The number of nitrogens with zero attached hydrogens (tertiary/aromatic N) is 2. The normalized spacial score (nSPS) is 21.0. The van der Waals surface area contributed by atoms with E-state index in [4.69, 9.17) is 11.5 Å². The number of aryl methyl sites for hydroxylation is 2. The van der Waals surface area contributed by atoms with Gasteiger partial charge in [0.15, 0.2) is 0 Å². The summed E-state index contributed by atoms with van der Waals surface area (Å²) >= 11 is 0. The van der Waals surface area contributed by atoms with Gasteiger partial charge in [0.1, 0.15) is 6.67 Å². The van der Waals surface area contributed by atoms with Crippen molar-refractivity contribution < 1.29 is 27.5 Å². The number of benzene rings is 1. The Morgan fingerprint density at radius 2 is 1.62 bits per heavy atom. The monoisotopic (exact) mass is 496 g/mol. The minimum absolute atomic E-state index is 0.102. The summed E-state index contributed by atoms with van der Waals surface area (Å²) in [7, 11) is -3.73. The van der Waals surface area contributed by atoms with E-state index in [1.54, 1.807) is 30.9 Å². The number of amides is 2. The van der Waals surface area contributed by atoms with Crippen molar-refractivity contribution in [3.8, 4) is 0 Å². The van der Waals surface area contributed by atoms with Crippen molar-refractivity contribution in [2.24, 2.45) is 11.5 Å². The Kier molecular flexibility index (Phi) is 7.51. The van der Waals surface area contributed by atoms with E-state index in [1.807, 2.05) is 0 Å². The molecule has 0 bridgehead atoms. The maximum absolute atomic E-state index is 13.0. The van der Waals surface area contributed by atoms with Crippen LogP contribution in [-0.4, -0.2) is 78.5 Å². The van der Waals surface area contributed by atoms with Gasteiger partial charge >= 0.3 is 0 Å². The van der Waals surface area contributed by atoms with E-state index in [0.717, 1.165) is 16.5 Å². The van der Waals surface area contributed by atoms with Crippen LogP contribution in [0, 0.1) is 13.8 Å². The number of nitrogens with two attached hydrogens (primary N) is 2. The van der Waals surface area contributed by atoms with Crippen molar-refractivity contribution in [3.05, 3.63) is 39.8 Å². The number of halogens is 1. The Hall–Kier alpha value is -2.34. The lowest BCUT2D eigenvalue weighted by atomic mass is 9.89. The summed E-state index contributed by atoms with van der Waals surface area (Å²) < 4.78 is 39.8. The van der Waals surface area contributed by atoms with Gasteiger partial charge in [0.25, 0.3) is 5.91 Å². The maximum atomic E-state index is 13.0. The van der Waals surface area contributed by atoms with Crippen molar-refractivity contribution in [1.29, 1.82) is 0 Å². The van der Waals surface area contributed by atoms with Crippen molar-refractivity contribution in [3.63, 3.8) is 0 Å². The van der Waals surface area contributed by atoms with Gasteiger partial charge in [-0.25, -0.2) is 12.8 Å². The van der Waals surface area contributed by atoms with E-state index in [-0.39, 0.29) is 57.8 Å². The van der Waals surface area contributed by atoms with Crippen LogP contribution < -0.4 is 11.5 Å². The molecule has 9 nitrogen and oxygen atoms in total. The zero-order valence-electron chi connectivity index (χ0n) is 19.6. The fraction of sp³-hybridized carbons (Fsp3) is 0.565. The van der Waals surface area contributed by atoms with Crippen LogP contribution in [0.15, 0.2) is 17.5 Å². The zero-order chi connectivity index (χ0) is 25.3. The number of primary amides is 1. The highest BCUT2D eigenvalue weighted by Crippen LogP contribution is 2.26. The average Bonchev–Trinajstić information content (AvgIpc) is 2.78. The zero-order valence-corrected chi connectivity index (χ0v) is 20.4. The van der Waals surface area contributed by atoms with E-state index < -0.39 is 33.7 Å². The second-order valence-corrected chi connectivity index (χ2v) is 11.3. The highest BCUT2D eigenvalue weighted by atomic mass is 32.2. The van der Waals surface area contributed by atoms with E-state index in [1.165, 1.54) is 10.4 Å². The second kappa shape index (κ2) is 9.73. The number of hydrogen-bond donors (Lipinski definition) is 3. The third-order valence-corrected chi connectivity index (χ3v) is 8.51. The number of piperidine rings is 2. The molecule has 2 aliphatic heterocycles. The summed E-state index contributed by atoms with van der Waals surface area (Å²) in [6.45, 7) is 3.51. The Bertz CT molecular complexity index is 1070. The molecule has 5 N–H and O–H groups in total. The van der Waals surface area contributed by atoms with Crippen LogP contribution in [0.3, 0.4) is 0 Å². The van der Waals surface area contributed by atoms with Gasteiger partial charge in [-0.2, -0.15) is 4.31 Å². The van der Waals surface area contributed by atoms with Gasteiger partial charge in [-0.1, -0.05) is 0 Å². The lowest BCUT2D eigenvalue weighted by Crippen LogP contribution is -2.58. The van der Waals surface area contributed by atoms with Gasteiger partial charge in [0.2, 0.25) is 15.9 Å². The topological polar surface area (TPSA) is 147 Å². The van der Waals surface area contributed by atoms with Crippen LogP contribution in [-0.2, 0) is 14.8 Å². The number of likely N-dealkylation sites (tertiary alicyclic amines) is 1. The molecule has 3 rings (SSSR count). The van der Waals surface area contributed by atoms with Crippen molar-refractivity contribution >= 4 is 27.9 Å². The highest BCUT2D eigenvalue weighted by Gasteiger charge is 2.39. The molecule has 2 saturated heterocycles. The SMILES string of the molecule is Cc1cc(C(=O)N2CCC(O)(CF)CC2)cc(C)c1/C=C/S(=O)(=O)N1CCC(N)(C(N)=O)CC1. The lowest BCUT2D eigenvalue weighted by molar-refractivity contribution is -0.124. The highest BCUT2D eigenvalue weighted by molar-refractivity contribution is 7.92. The molecule has 1 aromatic carbocycles. The molecule has 11 heteroatoms. The smallest absolute Gasteiger partial charge is 0.253 e. The number of carbonyl (C=O) groups excluding carboxylic acids is 2. The summed E-state index contributed by atoms with van der Waals surface area (Å²) in [5.74, 6) is -0.841. The minimum Gasteiger partial charge on any atom is -0.387 e. The second-order valence-electron chi connectivity index (χ2n) is 9.44. The van der Waals surface area contributed by atoms with Crippen molar-refractivity contribution in [2.75, 3.05) is 32.9 Å². The number of hydrogen-bond acceptors (Lipinski definition) is 6. The van der Waals surface area contributed by atoms with Crippen LogP contribution in [0.5, 0.6) is 0 Å². The van der Waals surface area contributed by atoms with Gasteiger partial charge in [0, 0.05) is 37.2 Å². The quantitative estimate of drug-likeness (QED) is 0.531. The average molecular weight is 497 g/mol. The number of sulfonamides is 1. The van der Waals surface area contributed by atoms with Gasteiger partial charge in [-0.3, -0.25) is 9.59 Å². The van der Waals surface area contributed by atoms with Gasteiger partial charge in [-0.15, -0.1) is 0 Å². The molecule has 2 fully saturated rings. The third-order valence-electron chi connectivity index (χ3n) is 6.94. The predicted octanol–water partition coefficient (Wildman–Crippen LogP) is 0.819. The first-order chi connectivity index (χ1) is 15.8. The summed E-state index contributed by atoms with van der Waals surface area (Å²) in [6.07, 6.45) is 2.20. The molecular formula is C23H33FN4O5S. The standard InChI is InChI=1S/C23H33FN4O5S/c1-16-13-18(20(29)27-8-4-22(31,15-24)5-9-27)14-17(2)19(16)3-12-34(32,33)28-10-6-23(26,7-11-28)21(25)30/h3,12-14,31H,4-11,15,26H2,1-2H3,(H2,25,30)/b12-3+. The first-order valence-electron chi connectivity index (χ1n) is 11.3. The van der Waals surface area contributed by atoms with E-state index >= 15 is 0 Å². The number of carbonyl (C=O) groups is 2. The Balaban J connectivity index is 1.72. The maximum Gasteiger partial charge on any atom is 0.253 e. The van der Waals surface area contributed by atoms with Crippen LogP contribution >= 0.6 is 0 Å². The van der Waals surface area contributed by atoms with Crippen LogP contribution in [0.1, 0.15) is 52.7 Å².